The Morgan fingerprint density at radius 2 is 1.91 bits per heavy atom. The number of carbonyl (C=O) groups excluding carboxylic acids is 1. The van der Waals surface area contributed by atoms with E-state index in [2.05, 4.69) is 38.9 Å². The summed E-state index contributed by atoms with van der Waals surface area (Å²) in [6.07, 6.45) is 0.419. The molecule has 0 atom stereocenters. The molecule has 0 radical (unpaired) electrons. The van der Waals surface area contributed by atoms with Crippen LogP contribution in [0.15, 0.2) is 69.9 Å². The average Bonchev–Trinajstić information content (AvgIpc) is 3.26. The van der Waals surface area contributed by atoms with Crippen molar-refractivity contribution in [2.24, 2.45) is 0 Å². The Hall–Kier alpha value is -4.44. The Balaban J connectivity index is 1.20. The lowest BCUT2D eigenvalue weighted by atomic mass is 10.0. The smallest absolute Gasteiger partial charge is 0.443 e. The van der Waals surface area contributed by atoms with Gasteiger partial charge in [-0.15, -0.1) is 9.78 Å². The number of carbonyl (C=O) groups is 1. The van der Waals surface area contributed by atoms with Gasteiger partial charge in [-0.1, -0.05) is 30.3 Å². The van der Waals surface area contributed by atoms with Gasteiger partial charge in [0, 0.05) is 19.5 Å². The molecule has 0 spiro atoms. The average molecular weight is 473 g/mol. The number of pyridine rings is 1. The van der Waals surface area contributed by atoms with Crippen LogP contribution >= 0.6 is 0 Å². The largest absolute Gasteiger partial charge is 0.497 e. The maximum Gasteiger partial charge on any atom is 0.443 e. The van der Waals surface area contributed by atoms with E-state index in [0.717, 1.165) is 27.1 Å². The van der Waals surface area contributed by atoms with Crippen molar-refractivity contribution in [2.45, 2.75) is 13.0 Å². The van der Waals surface area contributed by atoms with E-state index in [1.807, 2.05) is 30.3 Å². The number of fused-ring (bicyclic) bond motifs is 1. The minimum Gasteiger partial charge on any atom is -0.497 e. The fraction of sp³-hybridized carbons (Fsp3) is 0.200. The zero-order chi connectivity index (χ0) is 24.2. The van der Waals surface area contributed by atoms with E-state index in [-0.39, 0.29) is 30.0 Å². The normalized spacial score (nSPS) is 12.5. The van der Waals surface area contributed by atoms with Gasteiger partial charge in [0.2, 0.25) is 5.89 Å². The van der Waals surface area contributed by atoms with Gasteiger partial charge in [0.15, 0.2) is 24.0 Å². The summed E-state index contributed by atoms with van der Waals surface area (Å²) in [5.41, 5.74) is 3.31. The molecule has 1 aliphatic rings. The van der Waals surface area contributed by atoms with E-state index in [4.69, 9.17) is 13.9 Å². The number of nitrogens with zero attached hydrogens (tertiary/aromatic N) is 3. The Labute approximate surface area is 200 Å². The van der Waals surface area contributed by atoms with Crippen LogP contribution in [-0.2, 0) is 17.8 Å². The van der Waals surface area contributed by atoms with Crippen LogP contribution in [0.2, 0.25) is 0 Å². The van der Waals surface area contributed by atoms with E-state index in [0.29, 0.717) is 25.3 Å². The van der Waals surface area contributed by atoms with Gasteiger partial charge in [0.05, 0.1) is 7.11 Å². The van der Waals surface area contributed by atoms with Crippen molar-refractivity contribution < 1.29 is 18.7 Å². The minimum absolute atomic E-state index is 0.0691. The lowest BCUT2D eigenvalue weighted by molar-refractivity contribution is -0.118. The lowest BCUT2D eigenvalue weighted by Gasteiger charge is -2.16. The molecule has 3 heterocycles. The third-order valence-corrected chi connectivity index (χ3v) is 5.44. The first-order valence-corrected chi connectivity index (χ1v) is 11.1. The zero-order valence-electron chi connectivity index (χ0n) is 19.0. The van der Waals surface area contributed by atoms with E-state index in [1.165, 1.54) is 0 Å². The summed E-state index contributed by atoms with van der Waals surface area (Å²) >= 11 is 0. The van der Waals surface area contributed by atoms with Crippen LogP contribution in [0.1, 0.15) is 11.5 Å². The summed E-state index contributed by atoms with van der Waals surface area (Å²) in [5.74, 6) is 1.05. The standard InChI is InChI=1S/C25H23N5O5/c1-33-19-7-3-6-18(13-19)17-5-2-4-16(12-17)14-26-11-10-23-29-30(25(32)35-23)21-9-8-20-24(27-21)28-22(31)15-34-20/h2-9,12-13,26H,10-11,14-15H2,1H3,(H,27,28,31). The summed E-state index contributed by atoms with van der Waals surface area (Å²) in [4.78, 5) is 28.1. The molecule has 0 aliphatic carbocycles. The molecular weight excluding hydrogens is 450 g/mol. The van der Waals surface area contributed by atoms with Gasteiger partial charge in [-0.05, 0) is 47.0 Å². The molecule has 0 saturated heterocycles. The number of nitrogens with one attached hydrogen (secondary N) is 2. The van der Waals surface area contributed by atoms with Gasteiger partial charge in [-0.3, -0.25) is 4.79 Å². The molecule has 2 aromatic carbocycles. The molecule has 0 unspecified atom stereocenters. The molecule has 10 nitrogen and oxygen atoms in total. The molecule has 4 aromatic rings. The maximum atomic E-state index is 12.3. The molecule has 0 fully saturated rings. The number of ether oxygens (including phenoxy) is 2. The third kappa shape index (κ3) is 5.07. The first-order valence-electron chi connectivity index (χ1n) is 11.1. The van der Waals surface area contributed by atoms with Crippen LogP contribution in [-0.4, -0.2) is 40.9 Å². The lowest BCUT2D eigenvalue weighted by Crippen LogP contribution is -2.27. The van der Waals surface area contributed by atoms with Crippen LogP contribution in [0.5, 0.6) is 11.5 Å². The molecule has 0 saturated carbocycles. The van der Waals surface area contributed by atoms with Crippen LogP contribution < -0.4 is 25.9 Å². The molecule has 5 rings (SSSR count). The molecule has 10 heteroatoms. The Kier molecular flexibility index (Phi) is 6.27. The summed E-state index contributed by atoms with van der Waals surface area (Å²) in [7, 11) is 1.66. The number of anilines is 1. The van der Waals surface area contributed by atoms with Crippen molar-refractivity contribution in [3.63, 3.8) is 0 Å². The van der Waals surface area contributed by atoms with Crippen LogP contribution in [0.25, 0.3) is 16.9 Å². The first-order chi connectivity index (χ1) is 17.1. The molecule has 1 amide bonds. The molecule has 2 N–H and O–H groups in total. The van der Waals surface area contributed by atoms with Crippen LogP contribution in [0.4, 0.5) is 5.82 Å². The number of amides is 1. The van der Waals surface area contributed by atoms with E-state index < -0.39 is 5.76 Å². The number of aromatic nitrogens is 3. The van der Waals surface area contributed by atoms with Crippen LogP contribution in [0, 0.1) is 0 Å². The third-order valence-electron chi connectivity index (χ3n) is 5.44. The van der Waals surface area contributed by atoms with E-state index in [1.54, 1.807) is 19.2 Å². The summed E-state index contributed by atoms with van der Waals surface area (Å²) in [6, 6.07) is 19.4. The zero-order valence-corrected chi connectivity index (χ0v) is 19.0. The molecule has 0 bridgehead atoms. The van der Waals surface area contributed by atoms with Gasteiger partial charge < -0.3 is 24.5 Å². The fourth-order valence-electron chi connectivity index (χ4n) is 3.73. The van der Waals surface area contributed by atoms with E-state index >= 15 is 0 Å². The molecule has 2 aromatic heterocycles. The van der Waals surface area contributed by atoms with Gasteiger partial charge in [0.25, 0.3) is 5.91 Å². The highest BCUT2D eigenvalue weighted by molar-refractivity contribution is 5.94. The number of hydrogen-bond acceptors (Lipinski definition) is 8. The van der Waals surface area contributed by atoms with Gasteiger partial charge >= 0.3 is 5.76 Å². The van der Waals surface area contributed by atoms with Gasteiger partial charge in [-0.2, -0.15) is 0 Å². The number of rotatable bonds is 8. The second-order valence-corrected chi connectivity index (χ2v) is 7.89. The maximum absolute atomic E-state index is 12.3. The summed E-state index contributed by atoms with van der Waals surface area (Å²) in [5, 5.41) is 10.2. The molecule has 35 heavy (non-hydrogen) atoms. The SMILES string of the molecule is COc1cccc(-c2cccc(CNCCc3nn(-c4ccc5c(n4)NC(=O)CO5)c(=O)o3)c2)c1. The second-order valence-electron chi connectivity index (χ2n) is 7.89. The highest BCUT2D eigenvalue weighted by Crippen LogP contribution is 2.26. The van der Waals surface area contributed by atoms with Crippen molar-refractivity contribution in [1.82, 2.24) is 20.1 Å². The second kappa shape index (κ2) is 9.82. The van der Waals surface area contributed by atoms with Gasteiger partial charge in [0.1, 0.15) is 5.75 Å². The quantitative estimate of drug-likeness (QED) is 0.375. The molecule has 1 aliphatic heterocycles. The number of hydrogen-bond donors (Lipinski definition) is 2. The fourth-order valence-corrected chi connectivity index (χ4v) is 3.73. The predicted molar refractivity (Wildman–Crippen MR) is 128 cm³/mol. The van der Waals surface area contributed by atoms with Gasteiger partial charge in [-0.25, -0.2) is 9.78 Å². The summed E-state index contributed by atoms with van der Waals surface area (Å²) < 4.78 is 16.9. The minimum atomic E-state index is -0.651. The monoisotopic (exact) mass is 473 g/mol. The van der Waals surface area contributed by atoms with Crippen LogP contribution in [0.3, 0.4) is 0 Å². The number of benzene rings is 2. The van der Waals surface area contributed by atoms with Crippen molar-refractivity contribution in [3.8, 4) is 28.4 Å². The first kappa shape index (κ1) is 22.4. The molecular formula is C25H23N5O5. The molecule has 178 valence electrons. The Morgan fingerprint density at radius 3 is 2.77 bits per heavy atom. The van der Waals surface area contributed by atoms with Crippen molar-refractivity contribution in [3.05, 3.63) is 82.7 Å². The Bertz CT molecular complexity index is 1430. The van der Waals surface area contributed by atoms with Crippen molar-refractivity contribution >= 4 is 11.7 Å². The highest BCUT2D eigenvalue weighted by atomic mass is 16.5. The predicted octanol–water partition coefficient (Wildman–Crippen LogP) is 2.56. The number of methoxy groups -OCH3 is 1. The van der Waals surface area contributed by atoms with E-state index in [9.17, 15) is 9.59 Å². The van der Waals surface area contributed by atoms with Crippen molar-refractivity contribution in [2.75, 3.05) is 25.6 Å². The van der Waals surface area contributed by atoms with Crippen molar-refractivity contribution in [1.29, 1.82) is 0 Å². The topological polar surface area (TPSA) is 121 Å². The Morgan fingerprint density at radius 1 is 1.09 bits per heavy atom. The summed E-state index contributed by atoms with van der Waals surface area (Å²) in [6.45, 7) is 1.14. The highest BCUT2D eigenvalue weighted by Gasteiger charge is 2.19.